The van der Waals surface area contributed by atoms with Crippen LogP contribution in [0.15, 0.2) is 36.4 Å². The van der Waals surface area contributed by atoms with Crippen molar-refractivity contribution in [2.75, 3.05) is 5.32 Å². The van der Waals surface area contributed by atoms with Crippen LogP contribution in [0.4, 0.5) is 5.69 Å². The van der Waals surface area contributed by atoms with E-state index >= 15 is 0 Å². The molecular weight excluding hydrogens is 353 g/mol. The number of carboxylic acids is 1. The number of halogens is 2. The average Bonchev–Trinajstić information content (AvgIpc) is 2.51. The zero-order valence-electron chi connectivity index (χ0n) is 12.9. The predicted octanol–water partition coefficient (Wildman–Crippen LogP) is 3.07. The van der Waals surface area contributed by atoms with Gasteiger partial charge in [0, 0.05) is 21.3 Å². The van der Waals surface area contributed by atoms with E-state index in [1.807, 2.05) is 6.92 Å². The van der Waals surface area contributed by atoms with Gasteiger partial charge in [0.1, 0.15) is 5.75 Å². The summed E-state index contributed by atoms with van der Waals surface area (Å²) < 4.78 is 5.61. The molecule has 0 heterocycles. The van der Waals surface area contributed by atoms with Gasteiger partial charge >= 0.3 is 0 Å². The molecule has 126 valence electrons. The van der Waals surface area contributed by atoms with E-state index in [4.69, 9.17) is 27.9 Å². The molecule has 0 aliphatic carbocycles. The Kier molecular flexibility index (Phi) is 5.70. The number of ether oxygens (including phenoxy) is 1. The monoisotopic (exact) mass is 366 g/mol. The molecule has 0 aliphatic rings. The lowest BCUT2D eigenvalue weighted by Gasteiger charge is -2.17. The predicted molar refractivity (Wildman–Crippen MR) is 90.7 cm³/mol. The van der Waals surface area contributed by atoms with Gasteiger partial charge in [0.05, 0.1) is 5.97 Å². The van der Waals surface area contributed by atoms with E-state index in [0.717, 1.165) is 5.56 Å². The summed E-state index contributed by atoms with van der Waals surface area (Å²) in [6.07, 6.45) is -0.799. The molecule has 2 aromatic carbocycles. The minimum absolute atomic E-state index is 0.0362. The summed E-state index contributed by atoms with van der Waals surface area (Å²) in [6.45, 7) is 3.40. The van der Waals surface area contributed by atoms with Crippen molar-refractivity contribution in [3.63, 3.8) is 0 Å². The molecule has 7 heteroatoms. The number of amides is 1. The highest BCUT2D eigenvalue weighted by atomic mass is 35.5. The van der Waals surface area contributed by atoms with Gasteiger partial charge in [0.25, 0.3) is 5.91 Å². The van der Waals surface area contributed by atoms with E-state index in [1.54, 1.807) is 25.1 Å². The number of hydrogen-bond donors (Lipinski definition) is 1. The van der Waals surface area contributed by atoms with Crippen molar-refractivity contribution in [3.05, 3.63) is 57.6 Å². The van der Waals surface area contributed by atoms with Gasteiger partial charge in [-0.1, -0.05) is 23.2 Å². The molecule has 2 aromatic rings. The van der Waals surface area contributed by atoms with E-state index in [-0.39, 0.29) is 16.3 Å². The zero-order chi connectivity index (χ0) is 17.9. The second-order valence-electron chi connectivity index (χ2n) is 5.14. The molecule has 24 heavy (non-hydrogen) atoms. The molecular formula is C17H14Cl2NO4-. The van der Waals surface area contributed by atoms with Gasteiger partial charge in [0.15, 0.2) is 6.10 Å². The first-order valence-electron chi connectivity index (χ1n) is 7.02. The SMILES string of the molecule is Cc1cc(Cl)ccc1O[C@H](C)C(=O)Nc1ccc(Cl)c(C(=O)[O-])c1. The molecule has 0 fully saturated rings. The highest BCUT2D eigenvalue weighted by molar-refractivity contribution is 6.33. The summed E-state index contributed by atoms with van der Waals surface area (Å²) in [5.74, 6) is -1.32. The molecule has 0 aliphatic heterocycles. The molecule has 0 saturated heterocycles. The highest BCUT2D eigenvalue weighted by Gasteiger charge is 2.16. The molecule has 1 amide bonds. The number of carboxylic acid groups (broad SMARTS) is 1. The number of carbonyl (C=O) groups excluding carboxylic acids is 2. The lowest BCUT2D eigenvalue weighted by Crippen LogP contribution is -2.30. The topological polar surface area (TPSA) is 78.5 Å². The van der Waals surface area contributed by atoms with Crippen molar-refractivity contribution in [3.8, 4) is 5.75 Å². The lowest BCUT2D eigenvalue weighted by molar-refractivity contribution is -0.255. The van der Waals surface area contributed by atoms with Crippen LogP contribution in [0.2, 0.25) is 10.0 Å². The van der Waals surface area contributed by atoms with Crippen LogP contribution in [0.1, 0.15) is 22.8 Å². The molecule has 0 saturated carbocycles. The van der Waals surface area contributed by atoms with Gasteiger partial charge in [-0.2, -0.15) is 0 Å². The normalized spacial score (nSPS) is 11.7. The Morgan fingerprint density at radius 2 is 1.88 bits per heavy atom. The molecule has 2 rings (SSSR count). The molecule has 0 aromatic heterocycles. The third kappa shape index (κ3) is 4.40. The number of aryl methyl sites for hydroxylation is 1. The standard InChI is InChI=1S/C17H15Cl2NO4/c1-9-7-11(18)3-6-15(9)24-10(2)16(21)20-12-4-5-14(19)13(8-12)17(22)23/h3-8,10H,1-2H3,(H,20,21)(H,22,23)/p-1/t10-/m1/s1. The first-order valence-corrected chi connectivity index (χ1v) is 7.78. The minimum atomic E-state index is -1.42. The first-order chi connectivity index (χ1) is 11.3. The number of anilines is 1. The van der Waals surface area contributed by atoms with Crippen molar-refractivity contribution in [1.82, 2.24) is 0 Å². The quantitative estimate of drug-likeness (QED) is 0.881. The van der Waals surface area contributed by atoms with Gasteiger partial charge in [-0.3, -0.25) is 4.79 Å². The molecule has 5 nitrogen and oxygen atoms in total. The molecule has 0 spiro atoms. The molecule has 0 bridgehead atoms. The van der Waals surface area contributed by atoms with E-state index in [9.17, 15) is 14.7 Å². The summed E-state index contributed by atoms with van der Waals surface area (Å²) in [7, 11) is 0. The number of benzene rings is 2. The Bertz CT molecular complexity index is 792. The summed E-state index contributed by atoms with van der Waals surface area (Å²) in [4.78, 5) is 23.2. The molecule has 1 atom stereocenters. The van der Waals surface area contributed by atoms with Gasteiger partial charge in [-0.15, -0.1) is 0 Å². The maximum atomic E-state index is 12.2. The van der Waals surface area contributed by atoms with Crippen LogP contribution in [0.5, 0.6) is 5.75 Å². The van der Waals surface area contributed by atoms with Crippen LogP contribution in [0.25, 0.3) is 0 Å². The van der Waals surface area contributed by atoms with Crippen molar-refractivity contribution >= 4 is 40.8 Å². The van der Waals surface area contributed by atoms with Gasteiger partial charge in [-0.05, 0) is 55.8 Å². The largest absolute Gasteiger partial charge is 0.545 e. The highest BCUT2D eigenvalue weighted by Crippen LogP contribution is 2.24. The zero-order valence-corrected chi connectivity index (χ0v) is 14.4. The van der Waals surface area contributed by atoms with Crippen molar-refractivity contribution in [2.45, 2.75) is 20.0 Å². The number of carbonyl (C=O) groups is 2. The van der Waals surface area contributed by atoms with E-state index < -0.39 is 18.0 Å². The summed E-state index contributed by atoms with van der Waals surface area (Å²) in [5, 5.41) is 14.1. The third-order valence-corrected chi connectivity index (χ3v) is 3.83. The maximum absolute atomic E-state index is 12.2. The lowest BCUT2D eigenvalue weighted by atomic mass is 10.2. The van der Waals surface area contributed by atoms with Gasteiger partial charge < -0.3 is 20.0 Å². The number of rotatable bonds is 5. The van der Waals surface area contributed by atoms with Gasteiger partial charge in [0.2, 0.25) is 0 Å². The molecule has 0 radical (unpaired) electrons. The smallest absolute Gasteiger partial charge is 0.265 e. The van der Waals surface area contributed by atoms with Crippen LogP contribution < -0.4 is 15.2 Å². The van der Waals surface area contributed by atoms with Crippen LogP contribution in [0, 0.1) is 6.92 Å². The summed E-state index contributed by atoms with van der Waals surface area (Å²) in [5.41, 5.74) is 0.886. The minimum Gasteiger partial charge on any atom is -0.545 e. The van der Waals surface area contributed by atoms with Crippen LogP contribution in [-0.2, 0) is 4.79 Å². The molecule has 0 unspecified atom stereocenters. The fourth-order valence-electron chi connectivity index (χ4n) is 1.99. The Balaban J connectivity index is 2.09. The Morgan fingerprint density at radius 1 is 1.17 bits per heavy atom. The van der Waals surface area contributed by atoms with Crippen molar-refractivity contribution in [2.24, 2.45) is 0 Å². The third-order valence-electron chi connectivity index (χ3n) is 3.26. The number of hydrogen-bond acceptors (Lipinski definition) is 4. The second-order valence-corrected chi connectivity index (χ2v) is 5.98. The van der Waals surface area contributed by atoms with Crippen LogP contribution in [-0.4, -0.2) is 18.0 Å². The Morgan fingerprint density at radius 3 is 2.50 bits per heavy atom. The van der Waals surface area contributed by atoms with Crippen molar-refractivity contribution < 1.29 is 19.4 Å². The van der Waals surface area contributed by atoms with Crippen LogP contribution >= 0.6 is 23.2 Å². The number of aromatic carboxylic acids is 1. The second kappa shape index (κ2) is 7.55. The molecule has 1 N–H and O–H groups in total. The fraction of sp³-hybridized carbons (Fsp3) is 0.176. The summed E-state index contributed by atoms with van der Waals surface area (Å²) in [6, 6.07) is 9.17. The average molecular weight is 367 g/mol. The first kappa shape index (κ1) is 18.1. The Hall–Kier alpha value is -2.24. The Labute approximate surface area is 149 Å². The van der Waals surface area contributed by atoms with Gasteiger partial charge in [-0.25, -0.2) is 0 Å². The van der Waals surface area contributed by atoms with Crippen molar-refractivity contribution in [1.29, 1.82) is 0 Å². The number of nitrogens with one attached hydrogen (secondary N) is 1. The summed E-state index contributed by atoms with van der Waals surface area (Å²) >= 11 is 11.6. The fourth-order valence-corrected chi connectivity index (χ4v) is 2.41. The van der Waals surface area contributed by atoms with E-state index in [1.165, 1.54) is 18.2 Å². The van der Waals surface area contributed by atoms with E-state index in [0.29, 0.717) is 10.8 Å². The maximum Gasteiger partial charge on any atom is 0.265 e. The van der Waals surface area contributed by atoms with E-state index in [2.05, 4.69) is 5.32 Å². The van der Waals surface area contributed by atoms with Crippen LogP contribution in [0.3, 0.4) is 0 Å².